The van der Waals surface area contributed by atoms with Gasteiger partial charge in [-0.25, -0.2) is 13.8 Å². The van der Waals surface area contributed by atoms with Crippen LogP contribution in [0.3, 0.4) is 0 Å². The zero-order valence-electron chi connectivity index (χ0n) is 10.3. The smallest absolute Gasteiger partial charge is 0.126 e. The van der Waals surface area contributed by atoms with Crippen molar-refractivity contribution < 1.29 is 13.9 Å². The van der Waals surface area contributed by atoms with Crippen LogP contribution in [-0.2, 0) is 0 Å². The van der Waals surface area contributed by atoms with Crippen LogP contribution in [0, 0.1) is 18.6 Å². The van der Waals surface area contributed by atoms with Gasteiger partial charge in [-0.3, -0.25) is 0 Å². The van der Waals surface area contributed by atoms with Crippen LogP contribution in [-0.4, -0.2) is 16.6 Å². The highest BCUT2D eigenvalue weighted by atomic mass is 32.1. The van der Waals surface area contributed by atoms with E-state index in [2.05, 4.69) is 4.98 Å². The average Bonchev–Trinajstić information content (AvgIpc) is 2.75. The van der Waals surface area contributed by atoms with Crippen molar-refractivity contribution in [2.45, 2.75) is 18.9 Å². The Morgan fingerprint density at radius 1 is 1.32 bits per heavy atom. The summed E-state index contributed by atoms with van der Waals surface area (Å²) in [4.78, 5) is 4.18. The van der Waals surface area contributed by atoms with Gasteiger partial charge in [0.2, 0.25) is 0 Å². The third kappa shape index (κ3) is 3.15. The normalized spacial score (nSPS) is 14.4. The van der Waals surface area contributed by atoms with Crippen molar-refractivity contribution in [3.05, 3.63) is 51.5 Å². The molecule has 3 nitrogen and oxygen atoms in total. The molecule has 0 aliphatic carbocycles. The predicted molar refractivity (Wildman–Crippen MR) is 70.0 cm³/mol. The van der Waals surface area contributed by atoms with Crippen molar-refractivity contribution >= 4 is 11.3 Å². The Bertz CT molecular complexity index is 553. The first-order valence-electron chi connectivity index (χ1n) is 5.77. The number of halogens is 2. The van der Waals surface area contributed by atoms with Gasteiger partial charge in [-0.05, 0) is 24.6 Å². The lowest BCUT2D eigenvalue weighted by atomic mass is 9.92. The predicted octanol–water partition coefficient (Wildman–Crippen LogP) is 2.51. The molecule has 0 radical (unpaired) electrons. The summed E-state index contributed by atoms with van der Waals surface area (Å²) >= 11 is 1.40. The maximum absolute atomic E-state index is 13.2. The Kier molecular flexibility index (Phi) is 4.24. The summed E-state index contributed by atoms with van der Waals surface area (Å²) in [7, 11) is 0. The van der Waals surface area contributed by atoms with Crippen LogP contribution < -0.4 is 5.73 Å². The Balaban J connectivity index is 2.33. The molecule has 0 spiro atoms. The number of aliphatic hydroxyl groups excluding tert-OH is 1. The van der Waals surface area contributed by atoms with Gasteiger partial charge in [0, 0.05) is 23.9 Å². The molecule has 19 heavy (non-hydrogen) atoms. The van der Waals surface area contributed by atoms with E-state index in [1.165, 1.54) is 23.5 Å². The molecule has 1 aromatic carbocycles. The molecule has 0 fully saturated rings. The van der Waals surface area contributed by atoms with Gasteiger partial charge in [-0.2, -0.15) is 0 Å². The average molecular weight is 284 g/mol. The van der Waals surface area contributed by atoms with Gasteiger partial charge in [0.15, 0.2) is 0 Å². The fraction of sp³-hybridized carbons (Fsp3) is 0.308. The van der Waals surface area contributed by atoms with E-state index in [1.807, 2.05) is 6.92 Å². The van der Waals surface area contributed by atoms with Crippen molar-refractivity contribution in [3.63, 3.8) is 0 Å². The lowest BCUT2D eigenvalue weighted by Gasteiger charge is -2.20. The van der Waals surface area contributed by atoms with E-state index in [-0.39, 0.29) is 6.54 Å². The van der Waals surface area contributed by atoms with E-state index in [9.17, 15) is 13.9 Å². The number of thiazole rings is 1. The third-order valence-electron chi connectivity index (χ3n) is 2.89. The largest absolute Gasteiger partial charge is 0.386 e. The molecular weight excluding hydrogens is 270 g/mol. The van der Waals surface area contributed by atoms with Crippen molar-refractivity contribution in [1.29, 1.82) is 0 Å². The molecule has 0 aliphatic rings. The van der Waals surface area contributed by atoms with Gasteiger partial charge in [0.05, 0.1) is 10.7 Å². The van der Waals surface area contributed by atoms with Gasteiger partial charge < -0.3 is 10.8 Å². The molecule has 1 aromatic heterocycles. The zero-order valence-corrected chi connectivity index (χ0v) is 11.1. The molecule has 2 rings (SSSR count). The Labute approximate surface area is 113 Å². The second kappa shape index (κ2) is 5.73. The van der Waals surface area contributed by atoms with E-state index >= 15 is 0 Å². The first-order chi connectivity index (χ1) is 9.01. The maximum Gasteiger partial charge on any atom is 0.126 e. The summed E-state index contributed by atoms with van der Waals surface area (Å²) in [5.41, 5.74) is 6.43. The van der Waals surface area contributed by atoms with Crippen molar-refractivity contribution in [2.75, 3.05) is 6.54 Å². The van der Waals surface area contributed by atoms with Gasteiger partial charge in [-0.1, -0.05) is 0 Å². The van der Waals surface area contributed by atoms with E-state index in [4.69, 9.17) is 5.73 Å². The molecule has 0 bridgehead atoms. The van der Waals surface area contributed by atoms with Crippen LogP contribution in [0.4, 0.5) is 8.78 Å². The highest BCUT2D eigenvalue weighted by molar-refractivity contribution is 7.09. The first kappa shape index (κ1) is 14.0. The number of hydrogen-bond acceptors (Lipinski definition) is 4. The fourth-order valence-electron chi connectivity index (χ4n) is 1.96. The second-order valence-electron chi connectivity index (χ2n) is 4.28. The molecule has 1 heterocycles. The lowest BCUT2D eigenvalue weighted by Crippen LogP contribution is -2.20. The number of hydrogen-bond donors (Lipinski definition) is 2. The minimum absolute atomic E-state index is 0.0701. The van der Waals surface area contributed by atoms with Gasteiger partial charge in [0.25, 0.3) is 0 Å². The summed E-state index contributed by atoms with van der Waals surface area (Å²) in [6.45, 7) is 1.89. The monoisotopic (exact) mass is 284 g/mol. The van der Waals surface area contributed by atoms with Gasteiger partial charge in [0.1, 0.15) is 17.7 Å². The topological polar surface area (TPSA) is 59.1 Å². The second-order valence-corrected chi connectivity index (χ2v) is 5.34. The summed E-state index contributed by atoms with van der Waals surface area (Å²) in [6.07, 6.45) is -0.976. The van der Waals surface area contributed by atoms with Crippen molar-refractivity contribution in [2.24, 2.45) is 5.73 Å². The molecule has 2 aromatic rings. The van der Waals surface area contributed by atoms with Crippen LogP contribution in [0.5, 0.6) is 0 Å². The number of rotatable bonds is 4. The van der Waals surface area contributed by atoms with E-state index in [1.54, 1.807) is 5.38 Å². The molecule has 102 valence electrons. The Morgan fingerprint density at radius 3 is 2.42 bits per heavy atom. The molecule has 0 amide bonds. The quantitative estimate of drug-likeness (QED) is 0.907. The van der Waals surface area contributed by atoms with Crippen LogP contribution in [0.25, 0.3) is 0 Å². The number of aryl methyl sites for hydroxylation is 1. The van der Waals surface area contributed by atoms with E-state index in [0.717, 1.165) is 11.1 Å². The SMILES string of the molecule is Cc1nc(C(O)C(CN)c2cc(F)cc(F)c2)cs1. The summed E-state index contributed by atoms with van der Waals surface area (Å²) in [6, 6.07) is 3.16. The number of aliphatic hydroxyl groups is 1. The number of aromatic nitrogens is 1. The molecule has 6 heteroatoms. The van der Waals surface area contributed by atoms with E-state index in [0.29, 0.717) is 11.3 Å². The third-order valence-corrected chi connectivity index (χ3v) is 3.68. The van der Waals surface area contributed by atoms with Crippen molar-refractivity contribution in [3.8, 4) is 0 Å². The summed E-state index contributed by atoms with van der Waals surface area (Å²) < 4.78 is 26.4. The molecule has 2 atom stereocenters. The van der Waals surface area contributed by atoms with E-state index < -0.39 is 23.7 Å². The van der Waals surface area contributed by atoms with Crippen LogP contribution in [0.1, 0.15) is 28.3 Å². The minimum atomic E-state index is -0.976. The Hall–Kier alpha value is -1.37. The molecule has 0 saturated heterocycles. The minimum Gasteiger partial charge on any atom is -0.386 e. The van der Waals surface area contributed by atoms with Crippen LogP contribution >= 0.6 is 11.3 Å². The zero-order chi connectivity index (χ0) is 14.0. The molecule has 0 aliphatic heterocycles. The standard InChI is InChI=1S/C13H14F2N2OS/c1-7-17-12(6-19-7)13(18)11(5-16)8-2-9(14)4-10(15)3-8/h2-4,6,11,13,18H,5,16H2,1H3. The fourth-order valence-corrected chi connectivity index (χ4v) is 2.60. The summed E-state index contributed by atoms with van der Waals surface area (Å²) in [5.74, 6) is -1.96. The maximum atomic E-state index is 13.2. The first-order valence-corrected chi connectivity index (χ1v) is 6.65. The summed E-state index contributed by atoms with van der Waals surface area (Å²) in [5, 5.41) is 12.8. The van der Waals surface area contributed by atoms with Crippen molar-refractivity contribution in [1.82, 2.24) is 4.98 Å². The van der Waals surface area contributed by atoms with Gasteiger partial charge in [-0.15, -0.1) is 11.3 Å². The number of benzene rings is 1. The molecule has 3 N–H and O–H groups in total. The number of nitrogens with two attached hydrogens (primary N) is 1. The van der Waals surface area contributed by atoms with Crippen LogP contribution in [0.15, 0.2) is 23.6 Å². The lowest BCUT2D eigenvalue weighted by molar-refractivity contribution is 0.143. The molecular formula is C13H14F2N2OS. The highest BCUT2D eigenvalue weighted by Gasteiger charge is 2.24. The molecule has 2 unspecified atom stereocenters. The molecule has 0 saturated carbocycles. The van der Waals surface area contributed by atoms with Gasteiger partial charge >= 0.3 is 0 Å². The Morgan fingerprint density at radius 2 is 1.95 bits per heavy atom. The van der Waals surface area contributed by atoms with Crippen LogP contribution in [0.2, 0.25) is 0 Å². The number of nitrogens with zero attached hydrogens (tertiary/aromatic N) is 1. The highest BCUT2D eigenvalue weighted by Crippen LogP contribution is 2.31.